The van der Waals surface area contributed by atoms with E-state index in [-0.39, 0.29) is 28.6 Å². The number of nitro benzene ring substituents is 2. The second-order valence-electron chi connectivity index (χ2n) is 7.94. The topological polar surface area (TPSA) is 152 Å². The molecule has 1 N–H and O–H groups in total. The molecular weight excluding hydrogens is 546 g/mol. The fourth-order valence-electron chi connectivity index (χ4n) is 3.33. The van der Waals surface area contributed by atoms with Gasteiger partial charge in [-0.25, -0.2) is 9.07 Å². The fraction of sp³-hybridized carbons (Fsp3) is 0.0833. The number of benzene rings is 3. The summed E-state index contributed by atoms with van der Waals surface area (Å²) < 4.78 is 64.2. The minimum Gasteiger partial charge on any atom is -0.464 e. The molecular formula is C24H15F4N5O7. The third kappa shape index (κ3) is 6.66. The number of ether oxygens (including phenoxy) is 2. The molecule has 40 heavy (non-hydrogen) atoms. The summed E-state index contributed by atoms with van der Waals surface area (Å²) in [6.45, 7) is -0.427. The lowest BCUT2D eigenvalue weighted by atomic mass is 10.2. The average Bonchev–Trinajstić information content (AvgIpc) is 3.36. The molecule has 3 aromatic carbocycles. The number of non-ortho nitro benzene ring substituents is 1. The van der Waals surface area contributed by atoms with E-state index in [0.717, 1.165) is 53.2 Å². The molecule has 0 bridgehead atoms. The van der Waals surface area contributed by atoms with Crippen LogP contribution >= 0.6 is 0 Å². The number of carbonyl (C=O) groups excluding carboxylic acids is 1. The van der Waals surface area contributed by atoms with Crippen LogP contribution < -0.4 is 14.8 Å². The molecule has 4 rings (SSSR count). The number of alkyl halides is 3. The summed E-state index contributed by atoms with van der Waals surface area (Å²) in [5.74, 6) is -2.43. The van der Waals surface area contributed by atoms with Gasteiger partial charge in [0, 0.05) is 30.5 Å². The molecule has 1 aromatic heterocycles. The van der Waals surface area contributed by atoms with Gasteiger partial charge >= 0.3 is 11.9 Å². The molecule has 1 heterocycles. The maximum atomic E-state index is 13.5. The van der Waals surface area contributed by atoms with Gasteiger partial charge in [-0.05, 0) is 30.3 Å². The van der Waals surface area contributed by atoms with Gasteiger partial charge in [0.25, 0.3) is 11.6 Å². The van der Waals surface area contributed by atoms with Gasteiger partial charge in [-0.3, -0.25) is 25.0 Å². The third-order valence-electron chi connectivity index (χ3n) is 5.10. The first-order valence-electron chi connectivity index (χ1n) is 11.0. The summed E-state index contributed by atoms with van der Waals surface area (Å²) >= 11 is 0. The zero-order valence-electron chi connectivity index (χ0n) is 19.8. The largest absolute Gasteiger partial charge is 0.464 e. The highest BCUT2D eigenvalue weighted by molar-refractivity contribution is 6.03. The van der Waals surface area contributed by atoms with Gasteiger partial charge in [0.05, 0.1) is 27.2 Å². The van der Waals surface area contributed by atoms with Crippen molar-refractivity contribution < 1.29 is 41.7 Å². The molecule has 0 aliphatic rings. The Morgan fingerprint density at radius 2 is 1.75 bits per heavy atom. The molecule has 0 spiro atoms. The van der Waals surface area contributed by atoms with Gasteiger partial charge in [-0.1, -0.05) is 6.07 Å². The zero-order valence-corrected chi connectivity index (χ0v) is 19.8. The van der Waals surface area contributed by atoms with Gasteiger partial charge in [-0.2, -0.15) is 18.3 Å². The summed E-state index contributed by atoms with van der Waals surface area (Å²) in [4.78, 5) is 33.6. The standard InChI is InChI=1S/C24H15F4N5O7/c25-15-4-5-21(33(37)38)22(9-15)39-13-31-7-6-20(30-31)23(34)29-16-10-17(32(35)36)12-19(11-16)40-18-3-1-2-14(8-18)24(26,27)28/h1-12H,13H2,(H,29,34). The second-order valence-corrected chi connectivity index (χ2v) is 7.94. The van der Waals surface area contributed by atoms with Crippen LogP contribution in [0, 0.1) is 26.0 Å². The number of amides is 1. The molecule has 0 unspecified atom stereocenters. The molecule has 1 amide bonds. The third-order valence-corrected chi connectivity index (χ3v) is 5.10. The van der Waals surface area contributed by atoms with Crippen LogP contribution in [0.1, 0.15) is 16.1 Å². The number of nitrogens with one attached hydrogen (secondary N) is 1. The Labute approximate surface area is 220 Å². The molecule has 0 aliphatic heterocycles. The van der Waals surface area contributed by atoms with E-state index in [4.69, 9.17) is 9.47 Å². The average molecular weight is 561 g/mol. The SMILES string of the molecule is O=C(Nc1cc(Oc2cccc(C(F)(F)F)c2)cc([N+](=O)[O-])c1)c1ccn(COc2cc(F)ccc2[N+](=O)[O-])n1. The first-order chi connectivity index (χ1) is 18.9. The predicted octanol–water partition coefficient (Wildman–Crippen LogP) is 5.94. The lowest BCUT2D eigenvalue weighted by Gasteiger charge is -2.11. The Balaban J connectivity index is 1.49. The van der Waals surface area contributed by atoms with E-state index in [9.17, 15) is 42.6 Å². The van der Waals surface area contributed by atoms with E-state index in [2.05, 4.69) is 10.4 Å². The summed E-state index contributed by atoms with van der Waals surface area (Å²) in [6.07, 6.45) is -3.35. The van der Waals surface area contributed by atoms with Crippen LogP contribution in [0.2, 0.25) is 0 Å². The molecule has 12 nitrogen and oxygen atoms in total. The fourth-order valence-corrected chi connectivity index (χ4v) is 3.33. The molecule has 0 radical (unpaired) electrons. The van der Waals surface area contributed by atoms with Gasteiger partial charge in [-0.15, -0.1) is 0 Å². The number of hydrogen-bond donors (Lipinski definition) is 1. The molecule has 206 valence electrons. The minimum absolute atomic E-state index is 0.123. The first kappa shape index (κ1) is 27.5. The Bertz CT molecular complexity index is 1610. The van der Waals surface area contributed by atoms with Crippen LogP contribution in [0.4, 0.5) is 34.6 Å². The maximum Gasteiger partial charge on any atom is 0.416 e. The van der Waals surface area contributed by atoms with E-state index in [1.807, 2.05) is 0 Å². The summed E-state index contributed by atoms with van der Waals surface area (Å²) in [7, 11) is 0. The number of carbonyl (C=O) groups is 1. The van der Waals surface area contributed by atoms with Gasteiger partial charge in [0.15, 0.2) is 12.4 Å². The smallest absolute Gasteiger partial charge is 0.416 e. The quantitative estimate of drug-likeness (QED) is 0.150. The summed E-state index contributed by atoms with van der Waals surface area (Å²) in [5.41, 5.74) is -2.31. The van der Waals surface area contributed by atoms with Gasteiger partial charge in [0.2, 0.25) is 5.75 Å². The van der Waals surface area contributed by atoms with Crippen molar-refractivity contribution in [3.63, 3.8) is 0 Å². The number of anilines is 1. The normalized spacial score (nSPS) is 11.1. The van der Waals surface area contributed by atoms with Crippen LogP contribution in [0.25, 0.3) is 0 Å². The Hall–Kier alpha value is -5.54. The van der Waals surface area contributed by atoms with E-state index < -0.39 is 51.4 Å². The van der Waals surface area contributed by atoms with Crippen molar-refractivity contribution >= 4 is 23.0 Å². The highest BCUT2D eigenvalue weighted by Gasteiger charge is 2.30. The monoisotopic (exact) mass is 561 g/mol. The summed E-state index contributed by atoms with van der Waals surface area (Å²) in [5, 5.41) is 28.8. The Kier molecular flexibility index (Phi) is 7.60. The number of aromatic nitrogens is 2. The molecule has 0 saturated carbocycles. The van der Waals surface area contributed by atoms with Crippen LogP contribution in [0.3, 0.4) is 0 Å². The van der Waals surface area contributed by atoms with Crippen LogP contribution in [-0.4, -0.2) is 25.5 Å². The van der Waals surface area contributed by atoms with Crippen molar-refractivity contribution in [2.45, 2.75) is 12.9 Å². The molecule has 4 aromatic rings. The molecule has 0 atom stereocenters. The van der Waals surface area contributed by atoms with Crippen molar-refractivity contribution in [2.75, 3.05) is 5.32 Å². The number of hydrogen-bond acceptors (Lipinski definition) is 8. The second kappa shape index (κ2) is 11.1. The molecule has 0 saturated heterocycles. The van der Waals surface area contributed by atoms with E-state index in [0.29, 0.717) is 6.07 Å². The van der Waals surface area contributed by atoms with Gasteiger partial charge < -0.3 is 14.8 Å². The van der Waals surface area contributed by atoms with E-state index in [1.54, 1.807) is 0 Å². The minimum atomic E-state index is -4.64. The van der Waals surface area contributed by atoms with Crippen LogP contribution in [-0.2, 0) is 12.9 Å². The molecule has 16 heteroatoms. The number of halogens is 4. The number of nitrogens with zero attached hydrogens (tertiary/aromatic N) is 4. The van der Waals surface area contributed by atoms with Crippen LogP contribution in [0.5, 0.6) is 17.2 Å². The Morgan fingerprint density at radius 1 is 0.975 bits per heavy atom. The van der Waals surface area contributed by atoms with Crippen molar-refractivity contribution in [1.82, 2.24) is 9.78 Å². The van der Waals surface area contributed by atoms with Crippen LogP contribution in [0.15, 0.2) is 72.9 Å². The van der Waals surface area contributed by atoms with Crippen molar-refractivity contribution in [3.8, 4) is 17.2 Å². The maximum absolute atomic E-state index is 13.5. The molecule has 0 aliphatic carbocycles. The van der Waals surface area contributed by atoms with Crippen molar-refractivity contribution in [2.24, 2.45) is 0 Å². The van der Waals surface area contributed by atoms with Crippen molar-refractivity contribution in [3.05, 3.63) is 110 Å². The highest BCUT2D eigenvalue weighted by atomic mass is 19.4. The zero-order chi connectivity index (χ0) is 29.0. The summed E-state index contributed by atoms with van der Waals surface area (Å²) in [6, 6.07) is 10.9. The lowest BCUT2D eigenvalue weighted by Crippen LogP contribution is -2.14. The van der Waals surface area contributed by atoms with E-state index in [1.165, 1.54) is 18.3 Å². The number of nitro groups is 2. The van der Waals surface area contributed by atoms with Gasteiger partial charge in [0.1, 0.15) is 17.3 Å². The van der Waals surface area contributed by atoms with E-state index >= 15 is 0 Å². The lowest BCUT2D eigenvalue weighted by molar-refractivity contribution is -0.386. The predicted molar refractivity (Wildman–Crippen MR) is 128 cm³/mol. The number of rotatable bonds is 9. The van der Waals surface area contributed by atoms with Crippen molar-refractivity contribution in [1.29, 1.82) is 0 Å². The first-order valence-corrected chi connectivity index (χ1v) is 11.0. The molecule has 0 fully saturated rings. The Morgan fingerprint density at radius 3 is 2.45 bits per heavy atom. The highest BCUT2D eigenvalue weighted by Crippen LogP contribution is 2.34.